The highest BCUT2D eigenvalue weighted by atomic mass is 35.5. The second-order valence-electron chi connectivity index (χ2n) is 5.85. The zero-order valence-electron chi connectivity index (χ0n) is 12.5. The molecule has 114 valence electrons. The van der Waals surface area contributed by atoms with E-state index in [9.17, 15) is 4.79 Å². The second-order valence-corrected chi connectivity index (χ2v) is 7.34. The first-order valence-electron chi connectivity index (χ1n) is 7.19. The second kappa shape index (κ2) is 5.29. The predicted octanol–water partition coefficient (Wildman–Crippen LogP) is 4.76. The molecule has 0 spiro atoms. The summed E-state index contributed by atoms with van der Waals surface area (Å²) < 4.78 is -1.06. The van der Waals surface area contributed by atoms with E-state index < -0.39 is 9.75 Å². The third-order valence-electron chi connectivity index (χ3n) is 4.49. The van der Waals surface area contributed by atoms with E-state index in [1.54, 1.807) is 0 Å². The van der Waals surface area contributed by atoms with Gasteiger partial charge in [0, 0.05) is 12.1 Å². The van der Waals surface area contributed by atoms with Crippen molar-refractivity contribution in [2.75, 3.05) is 5.32 Å². The molecule has 1 N–H and O–H groups in total. The zero-order chi connectivity index (χ0) is 16.0. The minimum atomic E-state index is -1.06. The largest absolute Gasteiger partial charge is 0.325 e. The summed E-state index contributed by atoms with van der Waals surface area (Å²) in [6, 6.07) is 15.3. The summed E-state index contributed by atoms with van der Waals surface area (Å²) in [5, 5.41) is 3.00. The maximum absolute atomic E-state index is 12.9. The molecule has 22 heavy (non-hydrogen) atoms. The standard InChI is InChI=1S/C18H17Cl2NO/c1-12-7-6-10-15(13(12)2)21-16(22)17(11-18(17,19)20)14-8-4-3-5-9-14/h3-10H,11H2,1-2H3,(H,21,22). The third kappa shape index (κ3) is 2.31. The normalized spacial score (nSPS) is 22.2. The Morgan fingerprint density at radius 2 is 1.68 bits per heavy atom. The number of anilines is 1. The van der Waals surface area contributed by atoms with E-state index in [4.69, 9.17) is 23.2 Å². The number of carbonyl (C=O) groups is 1. The van der Waals surface area contributed by atoms with Gasteiger partial charge in [-0.1, -0.05) is 42.5 Å². The summed E-state index contributed by atoms with van der Waals surface area (Å²) in [4.78, 5) is 12.9. The molecule has 2 nitrogen and oxygen atoms in total. The van der Waals surface area contributed by atoms with Crippen molar-refractivity contribution in [2.45, 2.75) is 30.0 Å². The number of amides is 1. The van der Waals surface area contributed by atoms with Gasteiger partial charge >= 0.3 is 0 Å². The molecule has 1 saturated carbocycles. The number of halogens is 2. The van der Waals surface area contributed by atoms with Crippen molar-refractivity contribution < 1.29 is 4.79 Å². The van der Waals surface area contributed by atoms with Gasteiger partial charge in [-0.15, -0.1) is 23.2 Å². The summed E-state index contributed by atoms with van der Waals surface area (Å²) in [6.45, 7) is 4.00. The fraction of sp³-hybridized carbons (Fsp3) is 0.278. The van der Waals surface area contributed by atoms with Gasteiger partial charge in [0.1, 0.15) is 9.75 Å². The molecule has 2 aromatic rings. The van der Waals surface area contributed by atoms with Crippen molar-refractivity contribution in [3.63, 3.8) is 0 Å². The SMILES string of the molecule is Cc1cccc(NC(=O)C2(c3ccccc3)CC2(Cl)Cl)c1C. The molecule has 3 rings (SSSR count). The Morgan fingerprint density at radius 1 is 1.05 bits per heavy atom. The van der Waals surface area contributed by atoms with E-state index in [2.05, 4.69) is 5.32 Å². The molecule has 1 aliphatic carbocycles. The molecule has 0 heterocycles. The quantitative estimate of drug-likeness (QED) is 0.806. The van der Waals surface area contributed by atoms with Crippen LogP contribution in [0.1, 0.15) is 23.1 Å². The average Bonchev–Trinajstić information content (AvgIpc) is 3.09. The van der Waals surface area contributed by atoms with Crippen molar-refractivity contribution >= 4 is 34.8 Å². The molecule has 0 saturated heterocycles. The molecule has 1 amide bonds. The van der Waals surface area contributed by atoms with Gasteiger partial charge in [0.25, 0.3) is 0 Å². The van der Waals surface area contributed by atoms with Crippen molar-refractivity contribution in [3.05, 3.63) is 65.2 Å². The number of nitrogens with one attached hydrogen (secondary N) is 1. The molecule has 0 aliphatic heterocycles. The van der Waals surface area contributed by atoms with Crippen LogP contribution in [0.5, 0.6) is 0 Å². The van der Waals surface area contributed by atoms with Gasteiger partial charge < -0.3 is 5.32 Å². The highest BCUT2D eigenvalue weighted by Gasteiger charge is 2.72. The van der Waals surface area contributed by atoms with Crippen LogP contribution in [0.25, 0.3) is 0 Å². The van der Waals surface area contributed by atoms with Crippen LogP contribution in [-0.4, -0.2) is 10.2 Å². The van der Waals surface area contributed by atoms with Crippen LogP contribution in [-0.2, 0) is 10.2 Å². The summed E-state index contributed by atoms with van der Waals surface area (Å²) in [5.74, 6) is -0.155. The van der Waals surface area contributed by atoms with Crippen LogP contribution < -0.4 is 5.32 Å². The number of hydrogen-bond donors (Lipinski definition) is 1. The summed E-state index contributed by atoms with van der Waals surface area (Å²) in [6.07, 6.45) is 0.420. The first kappa shape index (κ1) is 15.4. The van der Waals surface area contributed by atoms with Crippen LogP contribution in [0.3, 0.4) is 0 Å². The van der Waals surface area contributed by atoms with E-state index in [1.165, 1.54) is 0 Å². The fourth-order valence-electron chi connectivity index (χ4n) is 2.82. The lowest BCUT2D eigenvalue weighted by molar-refractivity contribution is -0.118. The van der Waals surface area contributed by atoms with Crippen LogP contribution in [0.4, 0.5) is 5.69 Å². The predicted molar refractivity (Wildman–Crippen MR) is 91.7 cm³/mol. The highest BCUT2D eigenvalue weighted by molar-refractivity contribution is 6.54. The monoisotopic (exact) mass is 333 g/mol. The summed E-state index contributed by atoms with van der Waals surface area (Å²) >= 11 is 12.7. The van der Waals surface area contributed by atoms with E-state index in [0.29, 0.717) is 6.42 Å². The van der Waals surface area contributed by atoms with Gasteiger partial charge in [0.2, 0.25) is 5.91 Å². The number of benzene rings is 2. The van der Waals surface area contributed by atoms with Crippen LogP contribution in [0, 0.1) is 13.8 Å². The van der Waals surface area contributed by atoms with Crippen LogP contribution in [0.2, 0.25) is 0 Å². The minimum absolute atomic E-state index is 0.155. The molecular weight excluding hydrogens is 317 g/mol. The molecule has 1 atom stereocenters. The average molecular weight is 334 g/mol. The molecule has 4 heteroatoms. The zero-order valence-corrected chi connectivity index (χ0v) is 14.0. The van der Waals surface area contributed by atoms with Gasteiger partial charge in [-0.3, -0.25) is 4.79 Å². The van der Waals surface area contributed by atoms with Crippen LogP contribution in [0.15, 0.2) is 48.5 Å². The van der Waals surface area contributed by atoms with Crippen molar-refractivity contribution in [1.82, 2.24) is 0 Å². The Hall–Kier alpha value is -1.51. The molecule has 1 fully saturated rings. The maximum atomic E-state index is 12.9. The molecule has 0 aromatic heterocycles. The summed E-state index contributed by atoms with van der Waals surface area (Å²) in [5.41, 5.74) is 2.95. The summed E-state index contributed by atoms with van der Waals surface area (Å²) in [7, 11) is 0. The van der Waals surface area contributed by atoms with Gasteiger partial charge in [0.15, 0.2) is 0 Å². The Kier molecular flexibility index (Phi) is 3.70. The lowest BCUT2D eigenvalue weighted by atomic mass is 9.94. The van der Waals surface area contributed by atoms with Crippen molar-refractivity contribution in [2.24, 2.45) is 0 Å². The first-order valence-corrected chi connectivity index (χ1v) is 7.95. The number of aryl methyl sites for hydroxylation is 1. The number of alkyl halides is 2. The Morgan fingerprint density at radius 3 is 2.27 bits per heavy atom. The number of carbonyl (C=O) groups excluding carboxylic acids is 1. The Balaban J connectivity index is 1.95. The fourth-order valence-corrected chi connectivity index (χ4v) is 3.61. The molecule has 2 aromatic carbocycles. The van der Waals surface area contributed by atoms with E-state index >= 15 is 0 Å². The molecular formula is C18H17Cl2NO. The van der Waals surface area contributed by atoms with Crippen molar-refractivity contribution in [3.8, 4) is 0 Å². The van der Waals surface area contributed by atoms with Crippen molar-refractivity contribution in [1.29, 1.82) is 0 Å². The van der Waals surface area contributed by atoms with Gasteiger partial charge in [-0.2, -0.15) is 0 Å². The minimum Gasteiger partial charge on any atom is -0.325 e. The Bertz CT molecular complexity index is 727. The molecule has 1 unspecified atom stereocenters. The number of hydrogen-bond acceptors (Lipinski definition) is 1. The lowest BCUT2D eigenvalue weighted by Gasteiger charge is -2.19. The smallest absolute Gasteiger partial charge is 0.238 e. The van der Waals surface area contributed by atoms with Gasteiger partial charge in [-0.25, -0.2) is 0 Å². The van der Waals surface area contributed by atoms with Gasteiger partial charge in [-0.05, 0) is 36.6 Å². The van der Waals surface area contributed by atoms with E-state index in [1.807, 2.05) is 62.4 Å². The van der Waals surface area contributed by atoms with E-state index in [-0.39, 0.29) is 5.91 Å². The van der Waals surface area contributed by atoms with Gasteiger partial charge in [0.05, 0.1) is 0 Å². The first-order chi connectivity index (χ1) is 10.4. The number of rotatable bonds is 3. The van der Waals surface area contributed by atoms with Crippen LogP contribution >= 0.6 is 23.2 Å². The third-order valence-corrected chi connectivity index (χ3v) is 5.41. The Labute approximate surface area is 140 Å². The maximum Gasteiger partial charge on any atom is 0.238 e. The highest BCUT2D eigenvalue weighted by Crippen LogP contribution is 2.65. The van der Waals surface area contributed by atoms with E-state index in [0.717, 1.165) is 22.4 Å². The molecule has 1 aliphatic rings. The lowest BCUT2D eigenvalue weighted by Crippen LogP contribution is -2.32. The molecule has 0 radical (unpaired) electrons. The topological polar surface area (TPSA) is 29.1 Å². The molecule has 0 bridgehead atoms.